The normalized spacial score (nSPS) is 21.9. The molecule has 1 fully saturated rings. The molecular formula is C13H19NO3S. The van der Waals surface area contributed by atoms with Crippen molar-refractivity contribution in [2.75, 3.05) is 24.7 Å². The molecule has 1 aromatic rings. The minimum Gasteiger partial charge on any atom is -0.493 e. The second-order valence-electron chi connectivity index (χ2n) is 4.63. The molecule has 100 valence electrons. The Kier molecular flexibility index (Phi) is 4.24. The SMILES string of the molecule is NCCCOc1ccccc1C1CCS(=O)(=O)C1. The number of hydrogen-bond donors (Lipinski definition) is 1. The van der Waals surface area contributed by atoms with Crippen LogP contribution in [0.1, 0.15) is 24.3 Å². The van der Waals surface area contributed by atoms with Crippen LogP contribution in [0.4, 0.5) is 0 Å². The van der Waals surface area contributed by atoms with E-state index in [9.17, 15) is 8.42 Å². The molecule has 1 aliphatic rings. The lowest BCUT2D eigenvalue weighted by atomic mass is 9.98. The van der Waals surface area contributed by atoms with Gasteiger partial charge in [-0.1, -0.05) is 18.2 Å². The molecule has 1 unspecified atom stereocenters. The third kappa shape index (κ3) is 3.23. The molecule has 1 aliphatic heterocycles. The first-order valence-electron chi connectivity index (χ1n) is 6.24. The zero-order chi connectivity index (χ0) is 13.0. The molecule has 0 radical (unpaired) electrons. The maximum Gasteiger partial charge on any atom is 0.150 e. The smallest absolute Gasteiger partial charge is 0.150 e. The van der Waals surface area contributed by atoms with Crippen LogP contribution in [0.2, 0.25) is 0 Å². The highest BCUT2D eigenvalue weighted by atomic mass is 32.2. The van der Waals surface area contributed by atoms with Gasteiger partial charge in [0.2, 0.25) is 0 Å². The number of hydrogen-bond acceptors (Lipinski definition) is 4. The van der Waals surface area contributed by atoms with E-state index in [1.165, 1.54) is 0 Å². The van der Waals surface area contributed by atoms with Gasteiger partial charge in [-0.05, 0) is 31.0 Å². The Morgan fingerprint density at radius 2 is 2.11 bits per heavy atom. The first-order valence-corrected chi connectivity index (χ1v) is 8.07. The number of nitrogens with two attached hydrogens (primary N) is 1. The second kappa shape index (κ2) is 5.71. The van der Waals surface area contributed by atoms with Gasteiger partial charge in [-0.25, -0.2) is 8.42 Å². The Labute approximate surface area is 108 Å². The Morgan fingerprint density at radius 3 is 2.78 bits per heavy atom. The lowest BCUT2D eigenvalue weighted by Gasteiger charge is -2.15. The van der Waals surface area contributed by atoms with Crippen molar-refractivity contribution < 1.29 is 13.2 Å². The Bertz CT molecular complexity index is 499. The fourth-order valence-corrected chi connectivity index (χ4v) is 4.02. The molecule has 1 heterocycles. The summed E-state index contributed by atoms with van der Waals surface area (Å²) >= 11 is 0. The van der Waals surface area contributed by atoms with Gasteiger partial charge in [0.25, 0.3) is 0 Å². The van der Waals surface area contributed by atoms with Crippen molar-refractivity contribution in [3.8, 4) is 5.75 Å². The lowest BCUT2D eigenvalue weighted by Crippen LogP contribution is -2.09. The van der Waals surface area contributed by atoms with Crippen LogP contribution >= 0.6 is 0 Å². The average Bonchev–Trinajstić information content (AvgIpc) is 2.71. The second-order valence-corrected chi connectivity index (χ2v) is 6.86. The van der Waals surface area contributed by atoms with Crippen LogP contribution in [-0.2, 0) is 9.84 Å². The van der Waals surface area contributed by atoms with Crippen molar-refractivity contribution in [1.29, 1.82) is 0 Å². The van der Waals surface area contributed by atoms with E-state index in [4.69, 9.17) is 10.5 Å². The summed E-state index contributed by atoms with van der Waals surface area (Å²) in [5.41, 5.74) is 6.44. The van der Waals surface area contributed by atoms with Gasteiger partial charge in [0, 0.05) is 5.92 Å². The van der Waals surface area contributed by atoms with Crippen LogP contribution in [0, 0.1) is 0 Å². The van der Waals surface area contributed by atoms with Crippen molar-refractivity contribution >= 4 is 9.84 Å². The van der Waals surface area contributed by atoms with Gasteiger partial charge < -0.3 is 10.5 Å². The predicted octanol–water partition coefficient (Wildman–Crippen LogP) is 1.32. The molecule has 1 saturated heterocycles. The minimum absolute atomic E-state index is 0.0732. The number of rotatable bonds is 5. The zero-order valence-electron chi connectivity index (χ0n) is 10.3. The van der Waals surface area contributed by atoms with Crippen LogP contribution in [0.3, 0.4) is 0 Å². The molecule has 2 N–H and O–H groups in total. The lowest BCUT2D eigenvalue weighted by molar-refractivity contribution is 0.309. The number of ether oxygens (including phenoxy) is 1. The van der Waals surface area contributed by atoms with Gasteiger partial charge in [0.05, 0.1) is 18.1 Å². The number of sulfone groups is 1. The van der Waals surface area contributed by atoms with Gasteiger partial charge in [0.15, 0.2) is 9.84 Å². The maximum atomic E-state index is 11.5. The van der Waals surface area contributed by atoms with Crippen molar-refractivity contribution in [3.05, 3.63) is 29.8 Å². The minimum atomic E-state index is -2.86. The number of benzene rings is 1. The monoisotopic (exact) mass is 269 g/mol. The van der Waals surface area contributed by atoms with Crippen LogP contribution in [0.5, 0.6) is 5.75 Å². The van der Waals surface area contributed by atoms with E-state index in [1.807, 2.05) is 24.3 Å². The van der Waals surface area contributed by atoms with Gasteiger partial charge >= 0.3 is 0 Å². The summed E-state index contributed by atoms with van der Waals surface area (Å²) < 4.78 is 28.7. The molecule has 1 atom stereocenters. The van der Waals surface area contributed by atoms with Gasteiger partial charge in [0.1, 0.15) is 5.75 Å². The van der Waals surface area contributed by atoms with Crippen molar-refractivity contribution in [3.63, 3.8) is 0 Å². The third-order valence-corrected chi connectivity index (χ3v) is 4.97. The summed E-state index contributed by atoms with van der Waals surface area (Å²) in [6, 6.07) is 7.70. The fraction of sp³-hybridized carbons (Fsp3) is 0.538. The topological polar surface area (TPSA) is 69.4 Å². The highest BCUT2D eigenvalue weighted by molar-refractivity contribution is 7.91. The Balaban J connectivity index is 2.12. The first-order chi connectivity index (χ1) is 8.62. The molecule has 0 bridgehead atoms. The van der Waals surface area contributed by atoms with Crippen LogP contribution < -0.4 is 10.5 Å². The van der Waals surface area contributed by atoms with E-state index in [0.29, 0.717) is 19.6 Å². The van der Waals surface area contributed by atoms with Crippen molar-refractivity contribution in [2.24, 2.45) is 5.73 Å². The van der Waals surface area contributed by atoms with E-state index in [1.54, 1.807) is 0 Å². The van der Waals surface area contributed by atoms with Crippen LogP contribution in [-0.4, -0.2) is 33.1 Å². The summed E-state index contributed by atoms with van der Waals surface area (Å²) in [5.74, 6) is 1.40. The largest absolute Gasteiger partial charge is 0.493 e. The average molecular weight is 269 g/mol. The zero-order valence-corrected chi connectivity index (χ0v) is 11.2. The Hall–Kier alpha value is -1.07. The molecule has 0 saturated carbocycles. The van der Waals surface area contributed by atoms with E-state index in [2.05, 4.69) is 0 Å². The molecule has 0 amide bonds. The van der Waals surface area contributed by atoms with Crippen LogP contribution in [0.15, 0.2) is 24.3 Å². The van der Waals surface area contributed by atoms with Gasteiger partial charge in [-0.2, -0.15) is 0 Å². The first kappa shape index (κ1) is 13.4. The summed E-state index contributed by atoms with van der Waals surface area (Å²) in [5, 5.41) is 0. The maximum absolute atomic E-state index is 11.5. The highest BCUT2D eigenvalue weighted by Gasteiger charge is 2.30. The van der Waals surface area contributed by atoms with E-state index >= 15 is 0 Å². The molecule has 18 heavy (non-hydrogen) atoms. The quantitative estimate of drug-likeness (QED) is 0.818. The molecule has 2 rings (SSSR count). The third-order valence-electron chi connectivity index (χ3n) is 3.20. The van der Waals surface area contributed by atoms with Crippen molar-refractivity contribution in [1.82, 2.24) is 0 Å². The van der Waals surface area contributed by atoms with Crippen molar-refractivity contribution in [2.45, 2.75) is 18.8 Å². The molecule has 0 spiro atoms. The van der Waals surface area contributed by atoms with Gasteiger partial charge in [-0.3, -0.25) is 0 Å². The molecular weight excluding hydrogens is 250 g/mol. The highest BCUT2D eigenvalue weighted by Crippen LogP contribution is 2.34. The molecule has 0 aromatic heterocycles. The summed E-state index contributed by atoms with van der Waals surface area (Å²) in [7, 11) is -2.86. The molecule has 1 aromatic carbocycles. The van der Waals surface area contributed by atoms with Crippen LogP contribution in [0.25, 0.3) is 0 Å². The molecule has 4 nitrogen and oxygen atoms in total. The summed E-state index contributed by atoms with van der Waals surface area (Å²) in [6.07, 6.45) is 1.50. The van der Waals surface area contributed by atoms with E-state index in [-0.39, 0.29) is 17.4 Å². The predicted molar refractivity (Wildman–Crippen MR) is 71.6 cm³/mol. The van der Waals surface area contributed by atoms with Gasteiger partial charge in [-0.15, -0.1) is 0 Å². The van der Waals surface area contributed by atoms with E-state index < -0.39 is 9.84 Å². The molecule has 0 aliphatic carbocycles. The van der Waals surface area contributed by atoms with E-state index in [0.717, 1.165) is 17.7 Å². The number of para-hydroxylation sites is 1. The molecule has 5 heteroatoms. The Morgan fingerprint density at radius 1 is 1.33 bits per heavy atom. The summed E-state index contributed by atoms with van der Waals surface area (Å²) in [4.78, 5) is 0. The standard InChI is InChI=1S/C13H19NO3S/c14-7-3-8-17-13-5-2-1-4-12(13)11-6-9-18(15,16)10-11/h1-2,4-5,11H,3,6-10,14H2. The summed E-state index contributed by atoms with van der Waals surface area (Å²) in [6.45, 7) is 1.17. The fourth-order valence-electron chi connectivity index (χ4n) is 2.25.